The molecule has 0 unspecified atom stereocenters. The van der Waals surface area contributed by atoms with Crippen molar-refractivity contribution in [3.63, 3.8) is 0 Å². The lowest BCUT2D eigenvalue weighted by Crippen LogP contribution is -2.37. The molecular weight excluding hydrogens is 381 g/mol. The zero-order chi connectivity index (χ0) is 20.9. The molecule has 0 saturated heterocycles. The Morgan fingerprint density at radius 2 is 1.55 bits per heavy atom. The number of amides is 1. The smallest absolute Gasteiger partial charge is 0.347 e. The van der Waals surface area contributed by atoms with E-state index >= 15 is 0 Å². The molecule has 2 aromatic carbocycles. The van der Waals surface area contributed by atoms with Gasteiger partial charge in [-0.05, 0) is 29.7 Å². The van der Waals surface area contributed by atoms with Gasteiger partial charge in [-0.25, -0.2) is 0 Å². The molecule has 0 fully saturated rings. The molecule has 0 bridgehead atoms. The molecule has 0 aliphatic heterocycles. The SMILES string of the molecule is O=C(Cn1cccc(C(F)(F)F)c1=O)N[C@@H](Cc1ccccc1)c1ccccc1. The van der Waals surface area contributed by atoms with Crippen LogP contribution in [-0.2, 0) is 23.9 Å². The van der Waals surface area contributed by atoms with Gasteiger partial charge in [0.05, 0.1) is 6.04 Å². The van der Waals surface area contributed by atoms with E-state index in [0.717, 1.165) is 21.8 Å². The van der Waals surface area contributed by atoms with Gasteiger partial charge in [0.25, 0.3) is 5.56 Å². The molecular formula is C22H19F3N2O2. The van der Waals surface area contributed by atoms with Gasteiger partial charge in [0.15, 0.2) is 0 Å². The number of benzene rings is 2. The average molecular weight is 400 g/mol. The summed E-state index contributed by atoms with van der Waals surface area (Å²) in [4.78, 5) is 24.6. The molecule has 0 aliphatic carbocycles. The minimum atomic E-state index is -4.77. The number of nitrogens with zero attached hydrogens (tertiary/aromatic N) is 1. The maximum Gasteiger partial charge on any atom is 0.421 e. The minimum Gasteiger partial charge on any atom is -0.347 e. The Kier molecular flexibility index (Phi) is 6.16. The Hall–Kier alpha value is -3.35. The first kappa shape index (κ1) is 20.4. The number of nitrogens with one attached hydrogen (secondary N) is 1. The van der Waals surface area contributed by atoms with E-state index in [1.54, 1.807) is 0 Å². The van der Waals surface area contributed by atoms with E-state index in [2.05, 4.69) is 5.32 Å². The Bertz CT molecular complexity index is 1020. The number of pyridine rings is 1. The standard InChI is InChI=1S/C22H19F3N2O2/c23-22(24,25)18-12-7-13-27(21(18)29)15-20(28)26-19(17-10-5-2-6-11-17)14-16-8-3-1-4-9-16/h1-13,19H,14-15H2,(H,26,28)/t19-/m0/s1. The topological polar surface area (TPSA) is 51.1 Å². The third-order valence-electron chi connectivity index (χ3n) is 4.46. The number of alkyl halides is 3. The maximum absolute atomic E-state index is 12.9. The van der Waals surface area contributed by atoms with Gasteiger partial charge in [0.1, 0.15) is 12.1 Å². The second kappa shape index (κ2) is 8.77. The van der Waals surface area contributed by atoms with Crippen LogP contribution >= 0.6 is 0 Å². The van der Waals surface area contributed by atoms with Crippen LogP contribution in [0.3, 0.4) is 0 Å². The summed E-state index contributed by atoms with van der Waals surface area (Å²) in [5, 5.41) is 2.84. The minimum absolute atomic E-state index is 0.382. The Labute approximate surface area is 165 Å². The van der Waals surface area contributed by atoms with E-state index in [9.17, 15) is 22.8 Å². The van der Waals surface area contributed by atoms with Gasteiger partial charge < -0.3 is 9.88 Å². The van der Waals surface area contributed by atoms with Crippen LogP contribution in [0.2, 0.25) is 0 Å². The van der Waals surface area contributed by atoms with Gasteiger partial charge in [-0.1, -0.05) is 60.7 Å². The Morgan fingerprint density at radius 3 is 2.17 bits per heavy atom. The first-order valence-corrected chi connectivity index (χ1v) is 8.99. The lowest BCUT2D eigenvalue weighted by atomic mass is 9.99. The monoisotopic (exact) mass is 400 g/mol. The Balaban J connectivity index is 1.80. The first-order valence-electron chi connectivity index (χ1n) is 8.99. The van der Waals surface area contributed by atoms with Crippen molar-refractivity contribution in [2.75, 3.05) is 0 Å². The fraction of sp³-hybridized carbons (Fsp3) is 0.182. The van der Waals surface area contributed by atoms with Crippen molar-refractivity contribution in [3.05, 3.63) is 106 Å². The lowest BCUT2D eigenvalue weighted by Gasteiger charge is -2.20. The van der Waals surface area contributed by atoms with Crippen molar-refractivity contribution in [1.82, 2.24) is 9.88 Å². The number of hydrogen-bond donors (Lipinski definition) is 1. The fourth-order valence-corrected chi connectivity index (χ4v) is 3.06. The number of carbonyl (C=O) groups is 1. The van der Waals surface area contributed by atoms with Crippen LogP contribution in [0, 0.1) is 0 Å². The predicted molar refractivity (Wildman–Crippen MR) is 103 cm³/mol. The highest BCUT2D eigenvalue weighted by Gasteiger charge is 2.34. The highest BCUT2D eigenvalue weighted by atomic mass is 19.4. The third-order valence-corrected chi connectivity index (χ3v) is 4.46. The molecule has 4 nitrogen and oxygen atoms in total. The zero-order valence-electron chi connectivity index (χ0n) is 15.4. The van der Waals surface area contributed by atoms with E-state index in [0.29, 0.717) is 12.5 Å². The van der Waals surface area contributed by atoms with E-state index in [-0.39, 0.29) is 6.04 Å². The molecule has 1 aromatic heterocycles. The van der Waals surface area contributed by atoms with E-state index in [1.165, 1.54) is 6.20 Å². The Morgan fingerprint density at radius 1 is 0.931 bits per heavy atom. The molecule has 0 spiro atoms. The van der Waals surface area contributed by atoms with Gasteiger partial charge >= 0.3 is 6.18 Å². The lowest BCUT2D eigenvalue weighted by molar-refractivity contribution is -0.139. The highest BCUT2D eigenvalue weighted by Crippen LogP contribution is 2.26. The molecule has 0 radical (unpaired) electrons. The summed E-state index contributed by atoms with van der Waals surface area (Å²) < 4.78 is 39.5. The second-order valence-corrected chi connectivity index (χ2v) is 6.57. The van der Waals surface area contributed by atoms with Gasteiger partial charge in [-0.2, -0.15) is 13.2 Å². The van der Waals surface area contributed by atoms with E-state index in [4.69, 9.17) is 0 Å². The summed E-state index contributed by atoms with van der Waals surface area (Å²) >= 11 is 0. The van der Waals surface area contributed by atoms with E-state index < -0.39 is 29.8 Å². The van der Waals surface area contributed by atoms with Crippen LogP contribution in [0.25, 0.3) is 0 Å². The summed E-state index contributed by atoms with van der Waals surface area (Å²) in [5.74, 6) is -0.545. The van der Waals surface area contributed by atoms with Gasteiger partial charge in [-0.3, -0.25) is 9.59 Å². The largest absolute Gasteiger partial charge is 0.421 e. The number of carbonyl (C=O) groups excluding carboxylic acids is 1. The molecule has 7 heteroatoms. The van der Waals surface area contributed by atoms with Crippen LogP contribution < -0.4 is 10.9 Å². The van der Waals surface area contributed by atoms with Crippen LogP contribution in [0.4, 0.5) is 13.2 Å². The second-order valence-electron chi connectivity index (χ2n) is 6.57. The molecule has 1 N–H and O–H groups in total. The molecule has 0 saturated carbocycles. The number of halogens is 3. The summed E-state index contributed by atoms with van der Waals surface area (Å²) in [7, 11) is 0. The van der Waals surface area contributed by atoms with Crippen LogP contribution in [0.1, 0.15) is 22.7 Å². The van der Waals surface area contributed by atoms with Crippen molar-refractivity contribution >= 4 is 5.91 Å². The maximum atomic E-state index is 12.9. The number of aromatic nitrogens is 1. The van der Waals surface area contributed by atoms with Gasteiger partial charge in [0, 0.05) is 6.20 Å². The summed E-state index contributed by atoms with van der Waals surface area (Å²) in [6.07, 6.45) is -3.09. The van der Waals surface area contributed by atoms with Crippen molar-refractivity contribution in [2.24, 2.45) is 0 Å². The van der Waals surface area contributed by atoms with Gasteiger partial charge in [-0.15, -0.1) is 0 Å². The number of rotatable bonds is 6. The molecule has 29 heavy (non-hydrogen) atoms. The van der Waals surface area contributed by atoms with Crippen LogP contribution in [0.15, 0.2) is 83.8 Å². The average Bonchev–Trinajstić information content (AvgIpc) is 2.69. The molecule has 150 valence electrons. The summed E-state index contributed by atoms with van der Waals surface area (Å²) in [6, 6.07) is 20.2. The fourth-order valence-electron chi connectivity index (χ4n) is 3.06. The highest BCUT2D eigenvalue weighted by molar-refractivity contribution is 5.76. The van der Waals surface area contributed by atoms with Crippen molar-refractivity contribution in [3.8, 4) is 0 Å². The molecule has 3 aromatic rings. The van der Waals surface area contributed by atoms with Crippen LogP contribution in [0.5, 0.6) is 0 Å². The van der Waals surface area contributed by atoms with Crippen molar-refractivity contribution in [2.45, 2.75) is 25.2 Å². The molecule has 3 rings (SSSR count). The summed E-state index contributed by atoms with van der Waals surface area (Å²) in [5.41, 5.74) is -0.676. The van der Waals surface area contributed by atoms with Crippen molar-refractivity contribution in [1.29, 1.82) is 0 Å². The zero-order valence-corrected chi connectivity index (χ0v) is 15.4. The van der Waals surface area contributed by atoms with Gasteiger partial charge in [0.2, 0.25) is 5.91 Å². The van der Waals surface area contributed by atoms with Crippen LogP contribution in [-0.4, -0.2) is 10.5 Å². The third kappa shape index (κ3) is 5.34. The quantitative estimate of drug-likeness (QED) is 0.681. The molecule has 1 amide bonds. The molecule has 0 aliphatic rings. The predicted octanol–water partition coefficient (Wildman–Crippen LogP) is 3.97. The normalized spacial score (nSPS) is 12.4. The first-order chi connectivity index (χ1) is 13.8. The molecule has 1 heterocycles. The number of hydrogen-bond acceptors (Lipinski definition) is 2. The molecule has 1 atom stereocenters. The van der Waals surface area contributed by atoms with Crippen molar-refractivity contribution < 1.29 is 18.0 Å². The summed E-state index contributed by atoms with van der Waals surface area (Å²) in [6.45, 7) is -0.499. The van der Waals surface area contributed by atoms with E-state index in [1.807, 2.05) is 60.7 Å².